The number of hydrogen-bond donors (Lipinski definition) is 1. The van der Waals surface area contributed by atoms with Crippen molar-refractivity contribution in [2.45, 2.75) is 63.3 Å². The van der Waals surface area contributed by atoms with Gasteiger partial charge in [0.2, 0.25) is 10.0 Å². The highest BCUT2D eigenvalue weighted by molar-refractivity contribution is 7.89. The molecule has 0 spiro atoms. The number of fused-ring (bicyclic) bond motifs is 1. The summed E-state index contributed by atoms with van der Waals surface area (Å²) in [5.74, 6) is 1.25. The van der Waals surface area contributed by atoms with Gasteiger partial charge in [-0.25, -0.2) is 18.5 Å². The van der Waals surface area contributed by atoms with Crippen LogP contribution >= 0.6 is 0 Å². The number of nitrogens with two attached hydrogens (primary N) is 1. The lowest BCUT2D eigenvalue weighted by Crippen LogP contribution is -2.27. The summed E-state index contributed by atoms with van der Waals surface area (Å²) in [5, 5.41) is 5.14. The molecule has 1 aliphatic carbocycles. The van der Waals surface area contributed by atoms with Crippen molar-refractivity contribution in [3.8, 4) is 11.8 Å². The van der Waals surface area contributed by atoms with E-state index in [1.807, 2.05) is 6.92 Å². The van der Waals surface area contributed by atoms with Crippen LogP contribution in [-0.4, -0.2) is 23.7 Å². The first-order valence-corrected chi connectivity index (χ1v) is 11.9. The third kappa shape index (κ3) is 4.17. The number of sulfonamides is 1. The molecule has 160 valence electrons. The van der Waals surface area contributed by atoms with Gasteiger partial charge in [-0.05, 0) is 49.4 Å². The van der Waals surface area contributed by atoms with E-state index < -0.39 is 10.0 Å². The van der Waals surface area contributed by atoms with Crippen molar-refractivity contribution in [2.75, 3.05) is 0 Å². The van der Waals surface area contributed by atoms with Crippen molar-refractivity contribution in [2.24, 2.45) is 16.0 Å². The smallest absolute Gasteiger partial charge is 0.306 e. The summed E-state index contributed by atoms with van der Waals surface area (Å²) in [5.41, 5.74) is 1.58. The number of aliphatic imine (C=N–C) groups is 1. The second-order valence-corrected chi connectivity index (χ2v) is 9.45. The van der Waals surface area contributed by atoms with E-state index in [2.05, 4.69) is 4.98 Å². The van der Waals surface area contributed by atoms with Crippen molar-refractivity contribution in [1.82, 2.24) is 9.55 Å². The second-order valence-electron chi connectivity index (χ2n) is 7.89. The second kappa shape index (κ2) is 8.31. The van der Waals surface area contributed by atoms with Crippen LogP contribution in [0, 0.1) is 5.92 Å². The van der Waals surface area contributed by atoms with E-state index in [0.717, 1.165) is 25.0 Å². The fourth-order valence-corrected chi connectivity index (χ4v) is 4.66. The van der Waals surface area contributed by atoms with Crippen LogP contribution in [-0.2, 0) is 23.0 Å². The van der Waals surface area contributed by atoms with E-state index in [1.165, 1.54) is 48.1 Å². The molecule has 0 saturated heterocycles. The molecular formula is C21H26N4O4S. The number of aromatic nitrogens is 2. The molecule has 9 heteroatoms. The molecule has 2 aliphatic rings. The zero-order valence-electron chi connectivity index (χ0n) is 17.0. The van der Waals surface area contributed by atoms with E-state index in [0.29, 0.717) is 36.0 Å². The van der Waals surface area contributed by atoms with Gasteiger partial charge >= 0.3 is 6.01 Å². The third-order valence-electron chi connectivity index (χ3n) is 5.70. The Morgan fingerprint density at radius 2 is 1.87 bits per heavy atom. The summed E-state index contributed by atoms with van der Waals surface area (Å²) in [6, 6.07) is 5.87. The monoisotopic (exact) mass is 430 g/mol. The van der Waals surface area contributed by atoms with Crippen LogP contribution in [0.3, 0.4) is 0 Å². The molecule has 0 unspecified atom stereocenters. The van der Waals surface area contributed by atoms with Crippen LogP contribution in [0.25, 0.3) is 0 Å². The molecule has 2 aromatic rings. The predicted octanol–water partition coefficient (Wildman–Crippen LogP) is 3.30. The van der Waals surface area contributed by atoms with Crippen molar-refractivity contribution in [1.29, 1.82) is 0 Å². The average molecular weight is 431 g/mol. The van der Waals surface area contributed by atoms with Gasteiger partial charge in [-0.2, -0.15) is 4.98 Å². The third-order valence-corrected chi connectivity index (χ3v) is 6.63. The van der Waals surface area contributed by atoms with E-state index in [4.69, 9.17) is 14.9 Å². The Kier molecular flexibility index (Phi) is 5.75. The van der Waals surface area contributed by atoms with Gasteiger partial charge in [0.15, 0.2) is 5.82 Å². The number of benzene rings is 1. The van der Waals surface area contributed by atoms with Crippen LogP contribution in [0.5, 0.6) is 11.8 Å². The van der Waals surface area contributed by atoms with Crippen LogP contribution < -0.4 is 15.4 Å². The molecule has 0 amide bonds. The summed E-state index contributed by atoms with van der Waals surface area (Å²) >= 11 is 0. The lowest BCUT2D eigenvalue weighted by molar-refractivity contribution is 0.395. The van der Waals surface area contributed by atoms with Crippen LogP contribution in [0.15, 0.2) is 38.9 Å². The number of primary sulfonamides is 1. The van der Waals surface area contributed by atoms with Crippen molar-refractivity contribution in [3.63, 3.8) is 0 Å². The van der Waals surface area contributed by atoms with Gasteiger partial charge in [-0.1, -0.05) is 26.2 Å². The molecule has 8 nitrogen and oxygen atoms in total. The Morgan fingerprint density at radius 3 is 2.50 bits per heavy atom. The van der Waals surface area contributed by atoms with Crippen LogP contribution in [0.4, 0.5) is 5.82 Å². The summed E-state index contributed by atoms with van der Waals surface area (Å²) in [6.07, 6.45) is 7.23. The molecule has 1 saturated carbocycles. The first-order valence-electron chi connectivity index (χ1n) is 10.4. The lowest BCUT2D eigenvalue weighted by atomic mass is 9.84. The van der Waals surface area contributed by atoms with Gasteiger partial charge in [-0.15, -0.1) is 0 Å². The SMILES string of the molecule is CCCn1c(Oc2ccc(S(N)(=O)=O)cc2)nc2c(c1=O)CC(C1CCCCC1)=N2. The molecule has 0 radical (unpaired) electrons. The Bertz CT molecular complexity index is 1130. The molecule has 0 atom stereocenters. The van der Waals surface area contributed by atoms with Crippen molar-refractivity contribution in [3.05, 3.63) is 40.2 Å². The fraction of sp³-hybridized carbons (Fsp3) is 0.476. The summed E-state index contributed by atoms with van der Waals surface area (Å²) in [4.78, 5) is 22.4. The van der Waals surface area contributed by atoms with Gasteiger partial charge in [0.05, 0.1) is 10.5 Å². The number of hydrogen-bond acceptors (Lipinski definition) is 6. The Hall–Kier alpha value is -2.52. The van der Waals surface area contributed by atoms with Gasteiger partial charge in [0.25, 0.3) is 5.56 Å². The highest BCUT2D eigenvalue weighted by atomic mass is 32.2. The molecule has 2 N–H and O–H groups in total. The zero-order valence-corrected chi connectivity index (χ0v) is 17.8. The first-order chi connectivity index (χ1) is 14.4. The highest BCUT2D eigenvalue weighted by Gasteiger charge is 2.29. The van der Waals surface area contributed by atoms with E-state index in [-0.39, 0.29) is 16.5 Å². The Labute approximate surface area is 175 Å². The molecular weight excluding hydrogens is 404 g/mol. The Morgan fingerprint density at radius 1 is 1.17 bits per heavy atom. The highest BCUT2D eigenvalue weighted by Crippen LogP contribution is 2.33. The Balaban J connectivity index is 1.67. The van der Waals surface area contributed by atoms with Crippen molar-refractivity contribution < 1.29 is 13.2 Å². The van der Waals surface area contributed by atoms with Gasteiger partial charge in [0, 0.05) is 18.7 Å². The summed E-state index contributed by atoms with van der Waals surface area (Å²) in [6.45, 7) is 2.46. The standard InChI is InChI=1S/C21H26N4O4S/c1-2-12-25-20(26)17-13-18(14-6-4-3-5-7-14)23-19(17)24-21(25)29-15-8-10-16(11-9-15)30(22,27)28/h8-11,14H,2-7,12-13H2,1H3,(H2,22,27,28). The lowest BCUT2D eigenvalue weighted by Gasteiger charge is -2.21. The van der Waals surface area contributed by atoms with Gasteiger partial charge in [-0.3, -0.25) is 9.36 Å². The van der Waals surface area contributed by atoms with Crippen LogP contribution in [0.1, 0.15) is 51.0 Å². The van der Waals surface area contributed by atoms with Gasteiger partial charge < -0.3 is 4.74 Å². The molecule has 4 rings (SSSR count). The fourth-order valence-electron chi connectivity index (χ4n) is 4.14. The molecule has 1 aliphatic heterocycles. The zero-order chi connectivity index (χ0) is 21.3. The summed E-state index contributed by atoms with van der Waals surface area (Å²) in [7, 11) is -3.79. The minimum Gasteiger partial charge on any atom is -0.425 e. The average Bonchev–Trinajstić information content (AvgIpc) is 3.16. The number of ether oxygens (including phenoxy) is 1. The molecule has 0 bridgehead atoms. The van der Waals surface area contributed by atoms with E-state index >= 15 is 0 Å². The molecule has 1 aromatic carbocycles. The maximum atomic E-state index is 13.1. The number of rotatable bonds is 6. The molecule has 1 aromatic heterocycles. The number of nitrogens with zero attached hydrogens (tertiary/aromatic N) is 3. The molecule has 1 fully saturated rings. The topological polar surface area (TPSA) is 117 Å². The van der Waals surface area contributed by atoms with Crippen molar-refractivity contribution >= 4 is 21.6 Å². The molecule has 2 heterocycles. The minimum atomic E-state index is -3.79. The van der Waals surface area contributed by atoms with Gasteiger partial charge in [0.1, 0.15) is 5.75 Å². The summed E-state index contributed by atoms with van der Waals surface area (Å²) < 4.78 is 30.3. The predicted molar refractivity (Wildman–Crippen MR) is 114 cm³/mol. The van der Waals surface area contributed by atoms with E-state index in [9.17, 15) is 13.2 Å². The van der Waals surface area contributed by atoms with E-state index in [1.54, 1.807) is 0 Å². The quantitative estimate of drug-likeness (QED) is 0.755. The maximum absolute atomic E-state index is 13.1. The maximum Gasteiger partial charge on any atom is 0.306 e. The molecule has 30 heavy (non-hydrogen) atoms. The first kappa shape index (κ1) is 20.7. The minimum absolute atomic E-state index is 0.00978. The van der Waals surface area contributed by atoms with Crippen LogP contribution in [0.2, 0.25) is 0 Å². The largest absolute Gasteiger partial charge is 0.425 e. The normalized spacial score (nSPS) is 16.9.